The number of amides is 1. The third kappa shape index (κ3) is 4.32. The number of hydrogen-bond acceptors (Lipinski definition) is 4. The molecule has 0 aliphatic heterocycles. The monoisotopic (exact) mass is 350 g/mol. The molecule has 0 spiro atoms. The molecule has 3 aromatic rings. The number of nitrogens with zero attached hydrogens (tertiary/aromatic N) is 1. The van der Waals surface area contributed by atoms with Crippen LogP contribution in [0, 0.1) is 0 Å². The van der Waals surface area contributed by atoms with Crippen LogP contribution in [0.5, 0.6) is 11.5 Å². The zero-order valence-corrected chi connectivity index (χ0v) is 14.9. The summed E-state index contributed by atoms with van der Waals surface area (Å²) in [6.45, 7) is 1.40. The fraction of sp³-hybridized carbons (Fsp3) is 0.190. The number of benzene rings is 3. The van der Waals surface area contributed by atoms with E-state index in [1.54, 1.807) is 30.3 Å². The van der Waals surface area contributed by atoms with E-state index in [1.165, 1.54) is 0 Å². The first-order chi connectivity index (χ1) is 12.5. The average Bonchev–Trinajstić information content (AvgIpc) is 2.61. The van der Waals surface area contributed by atoms with Gasteiger partial charge >= 0.3 is 0 Å². The molecule has 0 unspecified atom stereocenters. The van der Waals surface area contributed by atoms with Crippen LogP contribution in [-0.2, 0) is 0 Å². The van der Waals surface area contributed by atoms with Crippen LogP contribution in [0.15, 0.2) is 60.7 Å². The molecule has 5 nitrogen and oxygen atoms in total. The Balaban J connectivity index is 1.76. The van der Waals surface area contributed by atoms with Crippen LogP contribution in [0.4, 0.5) is 5.69 Å². The highest BCUT2D eigenvalue weighted by molar-refractivity contribution is 6.13. The first kappa shape index (κ1) is 17.8. The zero-order valence-electron chi connectivity index (χ0n) is 14.9. The van der Waals surface area contributed by atoms with E-state index >= 15 is 0 Å². The molecule has 3 aromatic carbocycles. The van der Waals surface area contributed by atoms with Crippen molar-refractivity contribution in [1.82, 2.24) is 4.90 Å². The number of rotatable bonds is 6. The fourth-order valence-electron chi connectivity index (χ4n) is 2.68. The van der Waals surface area contributed by atoms with Crippen molar-refractivity contribution in [3.63, 3.8) is 0 Å². The molecule has 0 fully saturated rings. The number of carbonyl (C=O) groups is 1. The Morgan fingerprint density at radius 3 is 2.69 bits per heavy atom. The molecule has 1 amide bonds. The van der Waals surface area contributed by atoms with E-state index in [0.717, 1.165) is 17.3 Å². The van der Waals surface area contributed by atoms with Crippen molar-refractivity contribution in [2.24, 2.45) is 0 Å². The molecular formula is C21H22N2O3. The van der Waals surface area contributed by atoms with Crippen LogP contribution in [-0.4, -0.2) is 43.2 Å². The minimum atomic E-state index is -0.202. The number of nitrogens with one attached hydrogen (secondary N) is 1. The highest BCUT2D eigenvalue weighted by Gasteiger charge is 2.11. The number of aromatic hydroxyl groups is 1. The van der Waals surface area contributed by atoms with Gasteiger partial charge < -0.3 is 20.1 Å². The molecular weight excluding hydrogens is 328 g/mol. The second-order valence-electron chi connectivity index (χ2n) is 6.34. The molecule has 2 N–H and O–H groups in total. The Labute approximate surface area is 152 Å². The molecule has 0 saturated carbocycles. The zero-order chi connectivity index (χ0) is 18.5. The Hall–Kier alpha value is -3.05. The van der Waals surface area contributed by atoms with Gasteiger partial charge in [0.1, 0.15) is 18.1 Å². The van der Waals surface area contributed by atoms with Gasteiger partial charge in [-0.1, -0.05) is 18.2 Å². The van der Waals surface area contributed by atoms with Crippen molar-refractivity contribution in [1.29, 1.82) is 0 Å². The normalized spacial score (nSPS) is 10.9. The van der Waals surface area contributed by atoms with Crippen LogP contribution >= 0.6 is 0 Å². The van der Waals surface area contributed by atoms with Crippen molar-refractivity contribution in [2.75, 3.05) is 32.6 Å². The lowest BCUT2D eigenvalue weighted by Crippen LogP contribution is -2.19. The molecule has 0 aliphatic rings. The van der Waals surface area contributed by atoms with Gasteiger partial charge in [0.2, 0.25) is 0 Å². The SMILES string of the molecule is CN(C)CCOc1cccc(NC(=O)c2cccc3cc(O)ccc23)c1. The average molecular weight is 350 g/mol. The lowest BCUT2D eigenvalue weighted by Gasteiger charge is -2.12. The van der Waals surface area contributed by atoms with Gasteiger partial charge in [-0.2, -0.15) is 0 Å². The van der Waals surface area contributed by atoms with E-state index in [0.29, 0.717) is 23.6 Å². The molecule has 134 valence electrons. The van der Waals surface area contributed by atoms with E-state index in [1.807, 2.05) is 49.3 Å². The molecule has 3 rings (SSSR count). The molecule has 0 aliphatic carbocycles. The maximum Gasteiger partial charge on any atom is 0.256 e. The molecule has 0 saturated heterocycles. The van der Waals surface area contributed by atoms with E-state index in [-0.39, 0.29) is 11.7 Å². The topological polar surface area (TPSA) is 61.8 Å². The molecule has 0 heterocycles. The highest BCUT2D eigenvalue weighted by atomic mass is 16.5. The number of phenolic OH excluding ortho intramolecular Hbond substituents is 1. The van der Waals surface area contributed by atoms with Crippen molar-refractivity contribution in [3.8, 4) is 11.5 Å². The van der Waals surface area contributed by atoms with Gasteiger partial charge in [0, 0.05) is 23.9 Å². The van der Waals surface area contributed by atoms with Crippen molar-refractivity contribution < 1.29 is 14.6 Å². The second kappa shape index (κ2) is 7.89. The first-order valence-electron chi connectivity index (χ1n) is 8.43. The maximum atomic E-state index is 12.7. The summed E-state index contributed by atoms with van der Waals surface area (Å²) in [6, 6.07) is 17.8. The number of carbonyl (C=O) groups excluding carboxylic acids is 1. The van der Waals surface area contributed by atoms with Crippen LogP contribution in [0.2, 0.25) is 0 Å². The predicted molar refractivity (Wildman–Crippen MR) is 104 cm³/mol. The van der Waals surface area contributed by atoms with E-state index in [2.05, 4.69) is 5.32 Å². The fourth-order valence-corrected chi connectivity index (χ4v) is 2.68. The van der Waals surface area contributed by atoms with E-state index in [9.17, 15) is 9.90 Å². The maximum absolute atomic E-state index is 12.7. The summed E-state index contributed by atoms with van der Waals surface area (Å²) in [6.07, 6.45) is 0. The number of fused-ring (bicyclic) bond motifs is 1. The molecule has 26 heavy (non-hydrogen) atoms. The lowest BCUT2D eigenvalue weighted by atomic mass is 10.0. The smallest absolute Gasteiger partial charge is 0.256 e. The van der Waals surface area contributed by atoms with Gasteiger partial charge in [-0.05, 0) is 61.3 Å². The summed E-state index contributed by atoms with van der Waals surface area (Å²) in [4.78, 5) is 14.8. The summed E-state index contributed by atoms with van der Waals surface area (Å²) < 4.78 is 5.71. The summed E-state index contributed by atoms with van der Waals surface area (Å²) in [5.41, 5.74) is 1.23. The van der Waals surface area contributed by atoms with Crippen LogP contribution < -0.4 is 10.1 Å². The van der Waals surface area contributed by atoms with Gasteiger partial charge in [-0.3, -0.25) is 4.79 Å². The van der Waals surface area contributed by atoms with Crippen molar-refractivity contribution in [2.45, 2.75) is 0 Å². The Morgan fingerprint density at radius 1 is 1.08 bits per heavy atom. The quantitative estimate of drug-likeness (QED) is 0.711. The molecule has 0 radical (unpaired) electrons. The first-order valence-corrected chi connectivity index (χ1v) is 8.43. The molecule has 5 heteroatoms. The van der Waals surface area contributed by atoms with Gasteiger partial charge in [0.25, 0.3) is 5.91 Å². The summed E-state index contributed by atoms with van der Waals surface area (Å²) in [7, 11) is 3.98. The van der Waals surface area contributed by atoms with Gasteiger partial charge in [-0.25, -0.2) is 0 Å². The van der Waals surface area contributed by atoms with Crippen LogP contribution in [0.1, 0.15) is 10.4 Å². The molecule has 0 aromatic heterocycles. The minimum Gasteiger partial charge on any atom is -0.508 e. The van der Waals surface area contributed by atoms with Gasteiger partial charge in [0.05, 0.1) is 0 Å². The van der Waals surface area contributed by atoms with Gasteiger partial charge in [-0.15, -0.1) is 0 Å². The standard InChI is InChI=1S/C21H22N2O3/c1-23(2)11-12-26-18-7-4-6-16(14-18)22-21(25)20-8-3-5-15-13-17(24)9-10-19(15)20/h3-10,13-14,24H,11-12H2,1-2H3,(H,22,25). The van der Waals surface area contributed by atoms with Crippen LogP contribution in [0.25, 0.3) is 10.8 Å². The molecule has 0 bridgehead atoms. The lowest BCUT2D eigenvalue weighted by molar-refractivity contribution is 0.102. The van der Waals surface area contributed by atoms with Crippen molar-refractivity contribution in [3.05, 3.63) is 66.2 Å². The Kier molecular flexibility index (Phi) is 5.39. The third-order valence-electron chi connectivity index (χ3n) is 4.01. The van der Waals surface area contributed by atoms with E-state index in [4.69, 9.17) is 4.74 Å². The van der Waals surface area contributed by atoms with Crippen LogP contribution in [0.3, 0.4) is 0 Å². The number of phenols is 1. The van der Waals surface area contributed by atoms with Gasteiger partial charge in [0.15, 0.2) is 0 Å². The summed E-state index contributed by atoms with van der Waals surface area (Å²) in [5.74, 6) is 0.692. The largest absolute Gasteiger partial charge is 0.508 e. The summed E-state index contributed by atoms with van der Waals surface area (Å²) >= 11 is 0. The van der Waals surface area contributed by atoms with Crippen molar-refractivity contribution >= 4 is 22.4 Å². The third-order valence-corrected chi connectivity index (χ3v) is 4.01. The Morgan fingerprint density at radius 2 is 1.88 bits per heavy atom. The number of ether oxygens (including phenoxy) is 1. The van der Waals surface area contributed by atoms with E-state index < -0.39 is 0 Å². The highest BCUT2D eigenvalue weighted by Crippen LogP contribution is 2.24. The minimum absolute atomic E-state index is 0.178. The summed E-state index contributed by atoms with van der Waals surface area (Å²) in [5, 5.41) is 14.1. The molecule has 0 atom stereocenters. The predicted octanol–water partition coefficient (Wildman–Crippen LogP) is 3.74. The number of anilines is 1. The number of hydrogen-bond donors (Lipinski definition) is 2. The number of likely N-dealkylation sites (N-methyl/N-ethyl adjacent to an activating group) is 1. The second-order valence-corrected chi connectivity index (χ2v) is 6.34. The Bertz CT molecular complexity index is 922.